The van der Waals surface area contributed by atoms with E-state index in [1.165, 1.54) is 6.33 Å². The van der Waals surface area contributed by atoms with E-state index in [0.717, 1.165) is 16.9 Å². The molecule has 2 rings (SSSR count). The maximum atomic E-state index is 5.18. The van der Waals surface area contributed by atoms with Crippen molar-refractivity contribution in [3.63, 3.8) is 0 Å². The molecule has 0 fully saturated rings. The first-order chi connectivity index (χ1) is 6.92. The quantitative estimate of drug-likeness (QED) is 0.715. The van der Waals surface area contributed by atoms with E-state index >= 15 is 0 Å². The van der Waals surface area contributed by atoms with Crippen molar-refractivity contribution in [2.75, 3.05) is 7.11 Å². The normalized spacial score (nSPS) is 9.79. The van der Waals surface area contributed by atoms with Crippen molar-refractivity contribution < 1.29 is 4.74 Å². The minimum Gasteiger partial charge on any atom is -0.494 e. The SMILES string of the molecule is COc1cnccc1-c1cncnc1. The molecule has 14 heavy (non-hydrogen) atoms. The van der Waals surface area contributed by atoms with E-state index < -0.39 is 0 Å². The topological polar surface area (TPSA) is 47.9 Å². The van der Waals surface area contributed by atoms with E-state index in [4.69, 9.17) is 4.74 Å². The molecular weight excluding hydrogens is 178 g/mol. The lowest BCUT2D eigenvalue weighted by Crippen LogP contribution is -1.89. The molecule has 2 aromatic heterocycles. The van der Waals surface area contributed by atoms with Gasteiger partial charge < -0.3 is 4.74 Å². The summed E-state index contributed by atoms with van der Waals surface area (Å²) in [5, 5.41) is 0. The second-order valence-corrected chi connectivity index (χ2v) is 2.70. The highest BCUT2D eigenvalue weighted by molar-refractivity contribution is 5.67. The lowest BCUT2D eigenvalue weighted by Gasteiger charge is -2.05. The second-order valence-electron chi connectivity index (χ2n) is 2.70. The van der Waals surface area contributed by atoms with Crippen LogP contribution >= 0.6 is 0 Å². The second kappa shape index (κ2) is 3.83. The van der Waals surface area contributed by atoms with Gasteiger partial charge in [-0.15, -0.1) is 0 Å². The van der Waals surface area contributed by atoms with Crippen molar-refractivity contribution in [2.24, 2.45) is 0 Å². The Morgan fingerprint density at radius 2 is 1.86 bits per heavy atom. The molecule has 70 valence electrons. The molecule has 2 heterocycles. The van der Waals surface area contributed by atoms with Crippen molar-refractivity contribution in [2.45, 2.75) is 0 Å². The third-order valence-corrected chi connectivity index (χ3v) is 1.88. The maximum absolute atomic E-state index is 5.18. The molecule has 0 bridgehead atoms. The van der Waals surface area contributed by atoms with Gasteiger partial charge in [-0.3, -0.25) is 4.98 Å². The number of pyridine rings is 1. The Bertz CT molecular complexity index is 417. The molecule has 0 aliphatic heterocycles. The van der Waals surface area contributed by atoms with E-state index in [1.54, 1.807) is 31.9 Å². The van der Waals surface area contributed by atoms with Crippen molar-refractivity contribution in [3.8, 4) is 16.9 Å². The average Bonchev–Trinajstić information content (AvgIpc) is 2.30. The molecule has 4 nitrogen and oxygen atoms in total. The van der Waals surface area contributed by atoms with Crippen LogP contribution in [0.2, 0.25) is 0 Å². The molecule has 0 saturated heterocycles. The maximum Gasteiger partial charge on any atom is 0.145 e. The van der Waals surface area contributed by atoms with Crippen LogP contribution in [0.15, 0.2) is 37.2 Å². The van der Waals surface area contributed by atoms with Gasteiger partial charge in [0.15, 0.2) is 0 Å². The van der Waals surface area contributed by atoms with Crippen LogP contribution in [-0.2, 0) is 0 Å². The first-order valence-corrected chi connectivity index (χ1v) is 4.15. The summed E-state index contributed by atoms with van der Waals surface area (Å²) in [6.45, 7) is 0. The van der Waals surface area contributed by atoms with Gasteiger partial charge in [0.05, 0.1) is 13.3 Å². The molecule has 0 atom stereocenters. The summed E-state index contributed by atoms with van der Waals surface area (Å²) in [7, 11) is 1.62. The molecule has 0 amide bonds. The van der Waals surface area contributed by atoms with Gasteiger partial charge in [0.2, 0.25) is 0 Å². The van der Waals surface area contributed by atoms with Crippen LogP contribution < -0.4 is 4.74 Å². The highest BCUT2D eigenvalue weighted by Crippen LogP contribution is 2.26. The Labute approximate surface area is 81.6 Å². The molecule has 4 heteroatoms. The smallest absolute Gasteiger partial charge is 0.145 e. The zero-order valence-electron chi connectivity index (χ0n) is 7.71. The largest absolute Gasteiger partial charge is 0.494 e. The fourth-order valence-electron chi connectivity index (χ4n) is 1.22. The van der Waals surface area contributed by atoms with Crippen LogP contribution in [0, 0.1) is 0 Å². The molecule has 0 aromatic carbocycles. The van der Waals surface area contributed by atoms with Crippen LogP contribution in [0.4, 0.5) is 0 Å². The Hall–Kier alpha value is -1.97. The number of aromatic nitrogens is 3. The fourth-order valence-corrected chi connectivity index (χ4v) is 1.22. The standard InChI is InChI=1S/C10H9N3O/c1-14-10-6-11-3-2-9(10)8-4-12-7-13-5-8/h2-7H,1H3. The Morgan fingerprint density at radius 1 is 1.07 bits per heavy atom. The van der Waals surface area contributed by atoms with Crippen LogP contribution in [0.25, 0.3) is 11.1 Å². The van der Waals surface area contributed by atoms with Crippen LogP contribution in [0.5, 0.6) is 5.75 Å². The van der Waals surface area contributed by atoms with Crippen LogP contribution in [0.1, 0.15) is 0 Å². The van der Waals surface area contributed by atoms with Crippen LogP contribution in [-0.4, -0.2) is 22.1 Å². The third-order valence-electron chi connectivity index (χ3n) is 1.88. The predicted octanol–water partition coefficient (Wildman–Crippen LogP) is 1.55. The van der Waals surface area contributed by atoms with E-state index in [2.05, 4.69) is 15.0 Å². The molecule has 0 aliphatic carbocycles. The highest BCUT2D eigenvalue weighted by atomic mass is 16.5. The number of methoxy groups -OCH3 is 1. The summed E-state index contributed by atoms with van der Waals surface area (Å²) < 4.78 is 5.18. The van der Waals surface area contributed by atoms with Gasteiger partial charge in [0, 0.05) is 29.7 Å². The van der Waals surface area contributed by atoms with Gasteiger partial charge in [0.25, 0.3) is 0 Å². The zero-order chi connectivity index (χ0) is 9.80. The first kappa shape index (κ1) is 8.62. The zero-order valence-corrected chi connectivity index (χ0v) is 7.71. The molecule has 0 spiro atoms. The molecule has 0 unspecified atom stereocenters. The van der Waals surface area contributed by atoms with Gasteiger partial charge in [-0.2, -0.15) is 0 Å². The minimum absolute atomic E-state index is 0.724. The minimum atomic E-state index is 0.724. The number of rotatable bonds is 2. The van der Waals surface area contributed by atoms with Crippen LogP contribution in [0.3, 0.4) is 0 Å². The molecule has 2 aromatic rings. The van der Waals surface area contributed by atoms with Gasteiger partial charge in [-0.05, 0) is 6.07 Å². The Kier molecular flexibility index (Phi) is 2.36. The first-order valence-electron chi connectivity index (χ1n) is 4.15. The van der Waals surface area contributed by atoms with E-state index in [1.807, 2.05) is 6.07 Å². The van der Waals surface area contributed by atoms with Crippen molar-refractivity contribution in [3.05, 3.63) is 37.2 Å². The van der Waals surface area contributed by atoms with Gasteiger partial charge >= 0.3 is 0 Å². The van der Waals surface area contributed by atoms with Gasteiger partial charge in [0.1, 0.15) is 12.1 Å². The fraction of sp³-hybridized carbons (Fsp3) is 0.100. The van der Waals surface area contributed by atoms with Crippen molar-refractivity contribution in [1.82, 2.24) is 15.0 Å². The third kappa shape index (κ3) is 1.54. The lowest BCUT2D eigenvalue weighted by molar-refractivity contribution is 0.414. The van der Waals surface area contributed by atoms with Gasteiger partial charge in [-0.25, -0.2) is 9.97 Å². The molecular formula is C10H9N3O. The monoisotopic (exact) mass is 187 g/mol. The molecule has 0 radical (unpaired) electrons. The number of nitrogens with zero attached hydrogens (tertiary/aromatic N) is 3. The Balaban J connectivity index is 2.51. The van der Waals surface area contributed by atoms with Gasteiger partial charge in [-0.1, -0.05) is 0 Å². The number of ether oxygens (including phenoxy) is 1. The van der Waals surface area contributed by atoms with E-state index in [0.29, 0.717) is 0 Å². The molecule has 0 N–H and O–H groups in total. The van der Waals surface area contributed by atoms with Crippen molar-refractivity contribution in [1.29, 1.82) is 0 Å². The number of hydrogen-bond donors (Lipinski definition) is 0. The van der Waals surface area contributed by atoms with Crippen molar-refractivity contribution >= 4 is 0 Å². The molecule has 0 saturated carbocycles. The summed E-state index contributed by atoms with van der Waals surface area (Å²) in [6.07, 6.45) is 8.36. The highest BCUT2D eigenvalue weighted by Gasteiger charge is 2.04. The van der Waals surface area contributed by atoms with E-state index in [9.17, 15) is 0 Å². The summed E-state index contributed by atoms with van der Waals surface area (Å²) >= 11 is 0. The molecule has 0 aliphatic rings. The summed E-state index contributed by atoms with van der Waals surface area (Å²) in [5.41, 5.74) is 1.87. The van der Waals surface area contributed by atoms with E-state index in [-0.39, 0.29) is 0 Å². The predicted molar refractivity (Wildman–Crippen MR) is 51.8 cm³/mol. The summed E-state index contributed by atoms with van der Waals surface area (Å²) in [4.78, 5) is 11.9. The lowest BCUT2D eigenvalue weighted by atomic mass is 10.1. The summed E-state index contributed by atoms with van der Waals surface area (Å²) in [5.74, 6) is 0.724. The average molecular weight is 187 g/mol. The Morgan fingerprint density at radius 3 is 2.57 bits per heavy atom. The number of hydrogen-bond acceptors (Lipinski definition) is 4. The summed E-state index contributed by atoms with van der Waals surface area (Å²) in [6, 6.07) is 1.87.